The molecule has 0 unspecified atom stereocenters. The van der Waals surface area contributed by atoms with E-state index in [1.165, 1.54) is 24.8 Å². The molecule has 1 saturated heterocycles. The first-order chi connectivity index (χ1) is 8.84. The molecule has 1 atom stereocenters. The van der Waals surface area contributed by atoms with Crippen LogP contribution in [-0.4, -0.2) is 36.1 Å². The third-order valence-electron chi connectivity index (χ3n) is 4.01. The summed E-state index contributed by atoms with van der Waals surface area (Å²) in [6.07, 6.45) is 7.68. The standard InChI is InChI=1S/C14H20ClN3.2ClH/c15-13-10-17-4-3-12(13)14(9-11-1-2-11)18-7-5-16-6-8-18;;/h3-4,10-11,14,16H,1-2,5-9H2;2*1H/t14-;;/m1../s1. The van der Waals surface area contributed by atoms with Crippen molar-refractivity contribution in [2.75, 3.05) is 26.2 Å². The van der Waals surface area contributed by atoms with Gasteiger partial charge in [0.1, 0.15) is 0 Å². The van der Waals surface area contributed by atoms with Gasteiger partial charge in [-0.2, -0.15) is 0 Å². The van der Waals surface area contributed by atoms with Gasteiger partial charge in [0.2, 0.25) is 0 Å². The molecular weight excluding hydrogens is 317 g/mol. The van der Waals surface area contributed by atoms with Crippen LogP contribution in [0.1, 0.15) is 30.9 Å². The van der Waals surface area contributed by atoms with Crippen LogP contribution in [0.2, 0.25) is 5.02 Å². The summed E-state index contributed by atoms with van der Waals surface area (Å²) >= 11 is 6.34. The molecule has 0 amide bonds. The van der Waals surface area contributed by atoms with Gasteiger partial charge in [-0.05, 0) is 24.0 Å². The van der Waals surface area contributed by atoms with E-state index in [0.717, 1.165) is 37.1 Å². The molecule has 20 heavy (non-hydrogen) atoms. The van der Waals surface area contributed by atoms with Crippen molar-refractivity contribution in [1.29, 1.82) is 0 Å². The zero-order valence-corrected chi connectivity index (χ0v) is 13.8. The summed E-state index contributed by atoms with van der Waals surface area (Å²) in [5, 5.41) is 4.24. The summed E-state index contributed by atoms with van der Waals surface area (Å²) in [6.45, 7) is 4.42. The molecule has 1 aromatic rings. The summed E-state index contributed by atoms with van der Waals surface area (Å²) < 4.78 is 0. The Morgan fingerprint density at radius 2 is 2.00 bits per heavy atom. The van der Waals surface area contributed by atoms with E-state index < -0.39 is 0 Å². The lowest BCUT2D eigenvalue weighted by atomic mass is 9.99. The highest BCUT2D eigenvalue weighted by Crippen LogP contribution is 2.41. The second kappa shape index (κ2) is 8.40. The first-order valence-electron chi connectivity index (χ1n) is 6.89. The van der Waals surface area contributed by atoms with Gasteiger partial charge in [0.25, 0.3) is 0 Å². The Morgan fingerprint density at radius 1 is 1.30 bits per heavy atom. The molecule has 0 radical (unpaired) electrons. The average Bonchev–Trinajstić information content (AvgIpc) is 3.22. The lowest BCUT2D eigenvalue weighted by molar-refractivity contribution is 0.160. The normalized spacial score (nSPS) is 20.6. The minimum Gasteiger partial charge on any atom is -0.314 e. The third kappa shape index (κ3) is 4.47. The van der Waals surface area contributed by atoms with Gasteiger partial charge in [0.05, 0.1) is 5.02 Å². The first kappa shape index (κ1) is 18.0. The summed E-state index contributed by atoms with van der Waals surface area (Å²) in [5.74, 6) is 0.911. The lowest BCUT2D eigenvalue weighted by Gasteiger charge is -2.35. The molecule has 0 bridgehead atoms. The second-order valence-corrected chi connectivity index (χ2v) is 5.79. The van der Waals surface area contributed by atoms with Crippen LogP contribution >= 0.6 is 36.4 Å². The number of hydrogen-bond donors (Lipinski definition) is 1. The molecule has 1 aliphatic heterocycles. The van der Waals surface area contributed by atoms with Crippen molar-refractivity contribution < 1.29 is 0 Å². The van der Waals surface area contributed by atoms with Gasteiger partial charge >= 0.3 is 0 Å². The molecule has 0 aromatic carbocycles. The highest BCUT2D eigenvalue weighted by atomic mass is 35.5. The van der Waals surface area contributed by atoms with E-state index >= 15 is 0 Å². The summed E-state index contributed by atoms with van der Waals surface area (Å²) in [5.41, 5.74) is 1.26. The van der Waals surface area contributed by atoms with E-state index in [9.17, 15) is 0 Å². The van der Waals surface area contributed by atoms with Gasteiger partial charge in [0.15, 0.2) is 0 Å². The first-order valence-corrected chi connectivity index (χ1v) is 7.26. The van der Waals surface area contributed by atoms with Crippen LogP contribution in [0.4, 0.5) is 0 Å². The van der Waals surface area contributed by atoms with E-state index in [1.807, 2.05) is 6.20 Å². The highest BCUT2D eigenvalue weighted by Gasteiger charge is 2.31. The smallest absolute Gasteiger partial charge is 0.0637 e. The summed E-state index contributed by atoms with van der Waals surface area (Å²) in [4.78, 5) is 6.68. The Bertz CT molecular complexity index is 406. The maximum atomic E-state index is 6.34. The average molecular weight is 339 g/mol. The summed E-state index contributed by atoms with van der Waals surface area (Å²) in [7, 11) is 0. The van der Waals surface area contributed by atoms with E-state index in [1.54, 1.807) is 6.20 Å². The monoisotopic (exact) mass is 337 g/mol. The van der Waals surface area contributed by atoms with Gasteiger partial charge < -0.3 is 5.32 Å². The molecule has 3 nitrogen and oxygen atoms in total. The molecule has 2 aliphatic rings. The van der Waals surface area contributed by atoms with Crippen LogP contribution in [0.25, 0.3) is 0 Å². The van der Waals surface area contributed by atoms with Crippen molar-refractivity contribution in [2.24, 2.45) is 5.92 Å². The zero-order valence-electron chi connectivity index (χ0n) is 11.4. The largest absolute Gasteiger partial charge is 0.314 e. The molecule has 1 N–H and O–H groups in total. The van der Waals surface area contributed by atoms with E-state index in [4.69, 9.17) is 11.6 Å². The van der Waals surface area contributed by atoms with Gasteiger partial charge in [-0.1, -0.05) is 24.4 Å². The number of pyridine rings is 1. The van der Waals surface area contributed by atoms with Crippen LogP contribution in [-0.2, 0) is 0 Å². The molecular formula is C14H22Cl3N3. The molecule has 2 heterocycles. The Kier molecular flexibility index (Phi) is 7.56. The van der Waals surface area contributed by atoms with Crippen molar-refractivity contribution >= 4 is 36.4 Å². The topological polar surface area (TPSA) is 28.2 Å². The Hall–Kier alpha value is -0.0600. The third-order valence-corrected chi connectivity index (χ3v) is 4.32. The number of nitrogens with zero attached hydrogens (tertiary/aromatic N) is 2. The fourth-order valence-electron chi connectivity index (χ4n) is 2.79. The van der Waals surface area contributed by atoms with E-state index in [0.29, 0.717) is 6.04 Å². The van der Waals surface area contributed by atoms with Gasteiger partial charge in [-0.15, -0.1) is 24.8 Å². The molecule has 114 valence electrons. The Labute approximate surface area is 138 Å². The highest BCUT2D eigenvalue weighted by molar-refractivity contribution is 6.31. The lowest BCUT2D eigenvalue weighted by Crippen LogP contribution is -2.45. The molecule has 1 saturated carbocycles. The van der Waals surface area contributed by atoms with Crippen LogP contribution in [0.3, 0.4) is 0 Å². The zero-order chi connectivity index (χ0) is 12.4. The second-order valence-electron chi connectivity index (χ2n) is 5.38. The Morgan fingerprint density at radius 3 is 2.60 bits per heavy atom. The minimum atomic E-state index is 0. The molecule has 1 aliphatic carbocycles. The van der Waals surface area contributed by atoms with Crippen molar-refractivity contribution in [1.82, 2.24) is 15.2 Å². The fraction of sp³-hybridized carbons (Fsp3) is 0.643. The number of halogens is 3. The van der Waals surface area contributed by atoms with E-state index in [-0.39, 0.29) is 24.8 Å². The van der Waals surface area contributed by atoms with Crippen molar-refractivity contribution in [2.45, 2.75) is 25.3 Å². The SMILES string of the molecule is Cl.Cl.Clc1cnccc1[C@@H](CC1CC1)N1CCNCC1. The number of hydrogen-bond acceptors (Lipinski definition) is 3. The maximum Gasteiger partial charge on any atom is 0.0637 e. The fourth-order valence-corrected chi connectivity index (χ4v) is 3.04. The van der Waals surface area contributed by atoms with Gasteiger partial charge in [-0.3, -0.25) is 9.88 Å². The predicted molar refractivity (Wildman–Crippen MR) is 88.3 cm³/mol. The van der Waals surface area contributed by atoms with Crippen LogP contribution in [0.5, 0.6) is 0 Å². The number of nitrogens with one attached hydrogen (secondary N) is 1. The molecule has 2 fully saturated rings. The number of rotatable bonds is 4. The molecule has 6 heteroatoms. The molecule has 1 aromatic heterocycles. The van der Waals surface area contributed by atoms with Gasteiger partial charge in [0, 0.05) is 44.6 Å². The van der Waals surface area contributed by atoms with Crippen LogP contribution < -0.4 is 5.32 Å². The number of piperazine rings is 1. The Balaban J connectivity index is 0.000001000. The minimum absolute atomic E-state index is 0. The van der Waals surface area contributed by atoms with Crippen LogP contribution in [0, 0.1) is 5.92 Å². The van der Waals surface area contributed by atoms with E-state index in [2.05, 4.69) is 21.3 Å². The number of aromatic nitrogens is 1. The molecule has 0 spiro atoms. The van der Waals surface area contributed by atoms with Crippen molar-refractivity contribution in [3.8, 4) is 0 Å². The van der Waals surface area contributed by atoms with Gasteiger partial charge in [-0.25, -0.2) is 0 Å². The van der Waals surface area contributed by atoms with Crippen molar-refractivity contribution in [3.05, 3.63) is 29.0 Å². The quantitative estimate of drug-likeness (QED) is 0.913. The van der Waals surface area contributed by atoms with Crippen LogP contribution in [0.15, 0.2) is 18.5 Å². The maximum absolute atomic E-state index is 6.34. The predicted octanol–water partition coefficient (Wildman–Crippen LogP) is 3.33. The van der Waals surface area contributed by atoms with Crippen molar-refractivity contribution in [3.63, 3.8) is 0 Å². The summed E-state index contributed by atoms with van der Waals surface area (Å²) in [6, 6.07) is 2.58. The molecule has 3 rings (SSSR count).